The summed E-state index contributed by atoms with van der Waals surface area (Å²) in [6.45, 7) is 3.20. The van der Waals surface area contributed by atoms with Crippen LogP contribution in [0.1, 0.15) is 24.4 Å². The van der Waals surface area contributed by atoms with E-state index in [1.807, 2.05) is 48.2 Å². The maximum absolute atomic E-state index is 13.4. The number of amides is 1. The smallest absolute Gasteiger partial charge is 0.242 e. The normalized spacial score (nSPS) is 14.6. The first-order chi connectivity index (χ1) is 16.8. The SMILES string of the molecule is CN(CC(=O)N(C)C(CN1CCCC1)c1ccc(-c2cccc(N)c2)cc1)c1ccc(Cl)c(Cl)c1. The lowest BCUT2D eigenvalue weighted by atomic mass is 9.99. The van der Waals surface area contributed by atoms with Crippen LogP contribution in [-0.2, 0) is 4.79 Å². The fourth-order valence-electron chi connectivity index (χ4n) is 4.58. The zero-order valence-electron chi connectivity index (χ0n) is 20.3. The van der Waals surface area contributed by atoms with Gasteiger partial charge in [-0.2, -0.15) is 0 Å². The number of rotatable bonds is 8. The Labute approximate surface area is 218 Å². The third-order valence-electron chi connectivity index (χ3n) is 6.72. The molecular formula is C28H32Cl2N4O. The molecule has 1 unspecified atom stereocenters. The minimum absolute atomic E-state index is 0.0438. The molecule has 2 N–H and O–H groups in total. The molecule has 184 valence electrons. The lowest BCUT2D eigenvalue weighted by Crippen LogP contribution is -2.42. The Morgan fingerprint density at radius 1 is 0.943 bits per heavy atom. The summed E-state index contributed by atoms with van der Waals surface area (Å²) in [7, 11) is 3.79. The number of carbonyl (C=O) groups excluding carboxylic acids is 1. The standard InChI is InChI=1S/C28H32Cl2N4O/c1-32(24-12-13-25(29)26(30)17-24)19-28(35)33(2)27(18-34-14-3-4-15-34)21-10-8-20(9-11-21)22-6-5-7-23(31)16-22/h5-13,16-17,27H,3-4,14-15,18-19,31H2,1-2H3. The lowest BCUT2D eigenvalue weighted by Gasteiger charge is -2.33. The van der Waals surface area contributed by atoms with Crippen molar-refractivity contribution in [1.29, 1.82) is 0 Å². The summed E-state index contributed by atoms with van der Waals surface area (Å²) in [6, 6.07) is 21.7. The van der Waals surface area contributed by atoms with Crippen molar-refractivity contribution in [3.8, 4) is 11.1 Å². The maximum atomic E-state index is 13.4. The number of carbonyl (C=O) groups is 1. The highest BCUT2D eigenvalue weighted by molar-refractivity contribution is 6.42. The molecule has 0 bridgehead atoms. The van der Waals surface area contributed by atoms with Gasteiger partial charge in [0.2, 0.25) is 5.91 Å². The molecule has 3 aromatic carbocycles. The van der Waals surface area contributed by atoms with Crippen molar-refractivity contribution in [2.75, 3.05) is 50.9 Å². The van der Waals surface area contributed by atoms with Gasteiger partial charge < -0.3 is 20.4 Å². The Bertz CT molecular complexity index is 1160. The van der Waals surface area contributed by atoms with Gasteiger partial charge in [-0.1, -0.05) is 59.6 Å². The number of anilines is 2. The Hall–Kier alpha value is -2.73. The number of hydrogen-bond donors (Lipinski definition) is 1. The number of benzene rings is 3. The van der Waals surface area contributed by atoms with Crippen LogP contribution in [0.15, 0.2) is 66.7 Å². The largest absolute Gasteiger partial charge is 0.399 e. The topological polar surface area (TPSA) is 52.8 Å². The second-order valence-electron chi connectivity index (χ2n) is 9.23. The fraction of sp³-hybridized carbons (Fsp3) is 0.321. The molecular weight excluding hydrogens is 479 g/mol. The van der Waals surface area contributed by atoms with E-state index in [1.165, 1.54) is 12.8 Å². The molecule has 0 aromatic heterocycles. The van der Waals surface area contributed by atoms with Crippen LogP contribution in [0.25, 0.3) is 11.1 Å². The molecule has 1 amide bonds. The number of halogens is 2. The average Bonchev–Trinajstić information content (AvgIpc) is 3.37. The Kier molecular flexibility index (Phi) is 8.22. The summed E-state index contributed by atoms with van der Waals surface area (Å²) in [5.41, 5.74) is 10.9. The van der Waals surface area contributed by atoms with Crippen molar-refractivity contribution in [2.45, 2.75) is 18.9 Å². The quantitative estimate of drug-likeness (QED) is 0.379. The van der Waals surface area contributed by atoms with Gasteiger partial charge in [-0.05, 0) is 73.0 Å². The number of nitrogens with two attached hydrogens (primary N) is 1. The molecule has 1 atom stereocenters. The van der Waals surface area contributed by atoms with Gasteiger partial charge in [-0.25, -0.2) is 0 Å². The molecule has 1 heterocycles. The van der Waals surface area contributed by atoms with Gasteiger partial charge >= 0.3 is 0 Å². The number of likely N-dealkylation sites (tertiary alicyclic amines) is 1. The lowest BCUT2D eigenvalue weighted by molar-refractivity contribution is -0.131. The molecule has 4 rings (SSSR count). The molecule has 0 spiro atoms. The average molecular weight is 511 g/mol. The Balaban J connectivity index is 1.53. The minimum atomic E-state index is -0.0438. The van der Waals surface area contributed by atoms with Gasteiger partial charge in [0.15, 0.2) is 0 Å². The predicted molar refractivity (Wildman–Crippen MR) is 147 cm³/mol. The third-order valence-corrected chi connectivity index (χ3v) is 7.46. The molecule has 1 aliphatic rings. The summed E-state index contributed by atoms with van der Waals surface area (Å²) in [5, 5.41) is 0.976. The van der Waals surface area contributed by atoms with Gasteiger partial charge in [0.25, 0.3) is 0 Å². The molecule has 35 heavy (non-hydrogen) atoms. The van der Waals surface area contributed by atoms with Crippen LogP contribution in [0.3, 0.4) is 0 Å². The van der Waals surface area contributed by atoms with Gasteiger partial charge in [-0.3, -0.25) is 4.79 Å². The summed E-state index contributed by atoms with van der Waals surface area (Å²) in [5.74, 6) is 0.0441. The van der Waals surface area contributed by atoms with Crippen LogP contribution < -0.4 is 10.6 Å². The van der Waals surface area contributed by atoms with Gasteiger partial charge in [0.05, 0.1) is 22.6 Å². The minimum Gasteiger partial charge on any atom is -0.399 e. The van der Waals surface area contributed by atoms with E-state index < -0.39 is 0 Å². The highest BCUT2D eigenvalue weighted by atomic mass is 35.5. The molecule has 1 aliphatic heterocycles. The number of nitrogens with zero attached hydrogens (tertiary/aromatic N) is 3. The van der Waals surface area contributed by atoms with Crippen molar-refractivity contribution >= 4 is 40.5 Å². The van der Waals surface area contributed by atoms with E-state index in [0.29, 0.717) is 10.0 Å². The monoisotopic (exact) mass is 510 g/mol. The maximum Gasteiger partial charge on any atom is 0.242 e. The zero-order valence-corrected chi connectivity index (χ0v) is 21.8. The summed E-state index contributed by atoms with van der Waals surface area (Å²) in [4.78, 5) is 19.6. The molecule has 7 heteroatoms. The van der Waals surface area contributed by atoms with Gasteiger partial charge in [-0.15, -0.1) is 0 Å². The molecule has 3 aromatic rings. The van der Waals surface area contributed by atoms with Crippen LogP contribution >= 0.6 is 23.2 Å². The van der Waals surface area contributed by atoms with Crippen LogP contribution in [0.2, 0.25) is 10.0 Å². The summed E-state index contributed by atoms with van der Waals surface area (Å²) >= 11 is 12.2. The van der Waals surface area contributed by atoms with Crippen molar-refractivity contribution < 1.29 is 4.79 Å². The highest BCUT2D eigenvalue weighted by Gasteiger charge is 2.26. The van der Waals surface area contributed by atoms with E-state index in [-0.39, 0.29) is 18.5 Å². The van der Waals surface area contributed by atoms with Crippen molar-refractivity contribution in [3.05, 3.63) is 82.3 Å². The van der Waals surface area contributed by atoms with Crippen molar-refractivity contribution in [1.82, 2.24) is 9.80 Å². The zero-order chi connectivity index (χ0) is 24.9. The first-order valence-electron chi connectivity index (χ1n) is 11.9. The van der Waals surface area contributed by atoms with E-state index in [4.69, 9.17) is 28.9 Å². The molecule has 0 aliphatic carbocycles. The predicted octanol–water partition coefficient (Wildman–Crippen LogP) is 5.97. The Morgan fingerprint density at radius 3 is 2.31 bits per heavy atom. The highest BCUT2D eigenvalue weighted by Crippen LogP contribution is 2.29. The van der Waals surface area contributed by atoms with E-state index in [1.54, 1.807) is 12.1 Å². The Morgan fingerprint density at radius 2 is 1.66 bits per heavy atom. The van der Waals surface area contributed by atoms with E-state index >= 15 is 0 Å². The van der Waals surface area contributed by atoms with Crippen LogP contribution in [0.5, 0.6) is 0 Å². The number of hydrogen-bond acceptors (Lipinski definition) is 4. The van der Waals surface area contributed by atoms with E-state index in [0.717, 1.165) is 47.7 Å². The first kappa shape index (κ1) is 25.4. The van der Waals surface area contributed by atoms with Crippen LogP contribution in [0.4, 0.5) is 11.4 Å². The number of nitrogen functional groups attached to an aromatic ring is 1. The fourth-order valence-corrected chi connectivity index (χ4v) is 4.87. The summed E-state index contributed by atoms with van der Waals surface area (Å²) in [6.07, 6.45) is 2.41. The summed E-state index contributed by atoms with van der Waals surface area (Å²) < 4.78 is 0. The van der Waals surface area contributed by atoms with Crippen molar-refractivity contribution in [2.24, 2.45) is 0 Å². The molecule has 0 saturated carbocycles. The van der Waals surface area contributed by atoms with Gasteiger partial charge in [0, 0.05) is 32.0 Å². The molecule has 5 nitrogen and oxygen atoms in total. The van der Waals surface area contributed by atoms with Crippen molar-refractivity contribution in [3.63, 3.8) is 0 Å². The number of likely N-dealkylation sites (N-methyl/N-ethyl adjacent to an activating group) is 2. The van der Waals surface area contributed by atoms with Crippen LogP contribution in [-0.4, -0.2) is 56.0 Å². The second-order valence-corrected chi connectivity index (χ2v) is 10.0. The van der Waals surface area contributed by atoms with E-state index in [9.17, 15) is 4.79 Å². The van der Waals surface area contributed by atoms with E-state index in [2.05, 4.69) is 35.2 Å². The molecule has 1 fully saturated rings. The van der Waals surface area contributed by atoms with Gasteiger partial charge in [0.1, 0.15) is 0 Å². The first-order valence-corrected chi connectivity index (χ1v) is 12.7. The third kappa shape index (κ3) is 6.29. The molecule has 0 radical (unpaired) electrons. The molecule has 1 saturated heterocycles. The van der Waals surface area contributed by atoms with Crippen LogP contribution in [0, 0.1) is 0 Å². The second kappa shape index (κ2) is 11.3.